The molecule has 0 bridgehead atoms. The van der Waals surface area contributed by atoms with E-state index in [2.05, 4.69) is 41.3 Å². The largest absolute Gasteiger partial charge is 0.477 e. The molecular formula is C23H18N2O2. The van der Waals surface area contributed by atoms with Crippen LogP contribution in [0.2, 0.25) is 0 Å². The molecular weight excluding hydrogens is 336 g/mol. The number of nitriles is 1. The summed E-state index contributed by atoms with van der Waals surface area (Å²) in [6, 6.07) is 20.7. The van der Waals surface area contributed by atoms with Crippen molar-refractivity contribution in [3.63, 3.8) is 0 Å². The second-order valence-electron chi connectivity index (χ2n) is 6.97. The van der Waals surface area contributed by atoms with Gasteiger partial charge in [0.2, 0.25) is 5.76 Å². The van der Waals surface area contributed by atoms with Gasteiger partial charge in [-0.05, 0) is 12.5 Å². The van der Waals surface area contributed by atoms with E-state index >= 15 is 0 Å². The molecule has 27 heavy (non-hydrogen) atoms. The van der Waals surface area contributed by atoms with Gasteiger partial charge in [0.1, 0.15) is 24.1 Å². The molecule has 5 rings (SSSR count). The highest BCUT2D eigenvalue weighted by Gasteiger charge is 2.27. The summed E-state index contributed by atoms with van der Waals surface area (Å²) in [4.78, 5) is 2.27. The number of aryl methyl sites for hydroxylation is 1. The SMILES string of the molecule is Cc1c(C#N)oc2c1c1c(c3ccccc32)OCN(Cc2ccccc2)C1. The van der Waals surface area contributed by atoms with Gasteiger partial charge in [-0.2, -0.15) is 5.26 Å². The summed E-state index contributed by atoms with van der Waals surface area (Å²) >= 11 is 0. The van der Waals surface area contributed by atoms with Crippen molar-refractivity contribution >= 4 is 21.7 Å². The fourth-order valence-electron chi connectivity index (χ4n) is 4.01. The van der Waals surface area contributed by atoms with Crippen LogP contribution in [0.5, 0.6) is 5.75 Å². The standard InChI is InChI=1S/C23H18N2O2/c1-15-20(11-24)27-23-18-10-6-5-9-17(18)22-19(21(15)23)13-25(14-26-22)12-16-7-3-2-4-8-16/h2-10H,12-14H2,1H3. The fourth-order valence-corrected chi connectivity index (χ4v) is 4.01. The fraction of sp³-hybridized carbons (Fsp3) is 0.174. The molecule has 4 heteroatoms. The Hall–Kier alpha value is -3.29. The van der Waals surface area contributed by atoms with Gasteiger partial charge in [0.15, 0.2) is 0 Å². The number of ether oxygens (including phenoxy) is 1. The van der Waals surface area contributed by atoms with E-state index in [4.69, 9.17) is 9.15 Å². The van der Waals surface area contributed by atoms with Crippen LogP contribution in [0, 0.1) is 18.3 Å². The summed E-state index contributed by atoms with van der Waals surface area (Å²) < 4.78 is 12.2. The van der Waals surface area contributed by atoms with Gasteiger partial charge in [-0.25, -0.2) is 0 Å². The van der Waals surface area contributed by atoms with Gasteiger partial charge in [-0.1, -0.05) is 54.6 Å². The first-order valence-electron chi connectivity index (χ1n) is 9.02. The maximum Gasteiger partial charge on any atom is 0.207 e. The van der Waals surface area contributed by atoms with Crippen molar-refractivity contribution in [2.45, 2.75) is 20.0 Å². The summed E-state index contributed by atoms with van der Waals surface area (Å²) in [7, 11) is 0. The maximum absolute atomic E-state index is 9.46. The number of benzene rings is 3. The lowest BCUT2D eigenvalue weighted by atomic mass is 9.97. The summed E-state index contributed by atoms with van der Waals surface area (Å²) in [6.07, 6.45) is 0. The molecule has 4 aromatic rings. The zero-order valence-corrected chi connectivity index (χ0v) is 15.0. The van der Waals surface area contributed by atoms with E-state index < -0.39 is 0 Å². The van der Waals surface area contributed by atoms with E-state index in [9.17, 15) is 5.26 Å². The highest BCUT2D eigenvalue weighted by atomic mass is 16.5. The molecule has 4 nitrogen and oxygen atoms in total. The van der Waals surface area contributed by atoms with Crippen molar-refractivity contribution in [2.24, 2.45) is 0 Å². The van der Waals surface area contributed by atoms with Gasteiger partial charge in [0.25, 0.3) is 0 Å². The molecule has 0 N–H and O–H groups in total. The summed E-state index contributed by atoms with van der Waals surface area (Å²) in [6.45, 7) is 4.07. The van der Waals surface area contributed by atoms with E-state index in [1.54, 1.807) is 0 Å². The van der Waals surface area contributed by atoms with E-state index in [-0.39, 0.29) is 0 Å². The minimum Gasteiger partial charge on any atom is -0.477 e. The Balaban J connectivity index is 1.69. The molecule has 0 saturated heterocycles. The second kappa shape index (κ2) is 6.15. The van der Waals surface area contributed by atoms with Gasteiger partial charge < -0.3 is 9.15 Å². The monoisotopic (exact) mass is 354 g/mol. The third kappa shape index (κ3) is 2.48. The zero-order valence-electron chi connectivity index (χ0n) is 15.0. The second-order valence-corrected chi connectivity index (χ2v) is 6.97. The normalized spacial score (nSPS) is 14.1. The minimum absolute atomic E-state index is 0.378. The number of fused-ring (bicyclic) bond motifs is 6. The minimum atomic E-state index is 0.378. The molecule has 0 radical (unpaired) electrons. The Morgan fingerprint density at radius 3 is 2.56 bits per heavy atom. The van der Waals surface area contributed by atoms with Crippen molar-refractivity contribution in [1.29, 1.82) is 5.26 Å². The Labute approximate surface area is 157 Å². The molecule has 0 amide bonds. The van der Waals surface area contributed by atoms with E-state index in [0.29, 0.717) is 12.5 Å². The van der Waals surface area contributed by atoms with Crippen molar-refractivity contribution in [3.05, 3.63) is 77.0 Å². The van der Waals surface area contributed by atoms with Crippen molar-refractivity contribution in [3.8, 4) is 11.8 Å². The molecule has 2 heterocycles. The third-order valence-electron chi connectivity index (χ3n) is 5.26. The van der Waals surface area contributed by atoms with Crippen LogP contribution in [0.25, 0.3) is 21.7 Å². The molecule has 0 saturated carbocycles. The Morgan fingerprint density at radius 2 is 1.78 bits per heavy atom. The van der Waals surface area contributed by atoms with Crippen LogP contribution >= 0.6 is 0 Å². The molecule has 1 aliphatic rings. The maximum atomic E-state index is 9.46. The molecule has 0 spiro atoms. The Morgan fingerprint density at radius 1 is 1.04 bits per heavy atom. The Kier molecular flexibility index (Phi) is 3.63. The molecule has 1 aliphatic heterocycles. The zero-order chi connectivity index (χ0) is 18.4. The number of hydrogen-bond acceptors (Lipinski definition) is 4. The van der Waals surface area contributed by atoms with Crippen molar-refractivity contribution in [1.82, 2.24) is 4.90 Å². The smallest absolute Gasteiger partial charge is 0.207 e. The topological polar surface area (TPSA) is 49.4 Å². The average molecular weight is 354 g/mol. The Bertz CT molecular complexity index is 1200. The molecule has 0 fully saturated rings. The van der Waals surface area contributed by atoms with Gasteiger partial charge in [-0.3, -0.25) is 4.90 Å². The first-order valence-corrected chi connectivity index (χ1v) is 9.02. The highest BCUT2D eigenvalue weighted by molar-refractivity contribution is 6.11. The van der Waals surface area contributed by atoms with Gasteiger partial charge in [0, 0.05) is 40.4 Å². The first-order chi connectivity index (χ1) is 13.3. The van der Waals surface area contributed by atoms with Crippen LogP contribution in [-0.4, -0.2) is 11.6 Å². The van der Waals surface area contributed by atoms with E-state index in [0.717, 1.165) is 51.7 Å². The summed E-state index contributed by atoms with van der Waals surface area (Å²) in [5.41, 5.74) is 4.03. The van der Waals surface area contributed by atoms with Crippen LogP contribution in [0.4, 0.5) is 0 Å². The molecule has 0 aliphatic carbocycles. The van der Waals surface area contributed by atoms with Crippen molar-refractivity contribution in [2.75, 3.05) is 6.73 Å². The van der Waals surface area contributed by atoms with Crippen LogP contribution in [-0.2, 0) is 13.1 Å². The van der Waals surface area contributed by atoms with Crippen LogP contribution < -0.4 is 4.74 Å². The van der Waals surface area contributed by atoms with E-state index in [1.165, 1.54) is 5.56 Å². The lowest BCUT2D eigenvalue weighted by Gasteiger charge is -2.30. The first kappa shape index (κ1) is 15.9. The quantitative estimate of drug-likeness (QED) is 0.501. The predicted octanol–water partition coefficient (Wildman–Crippen LogP) is 5.12. The number of rotatable bonds is 2. The van der Waals surface area contributed by atoms with Gasteiger partial charge in [0.05, 0.1) is 0 Å². The molecule has 132 valence electrons. The predicted molar refractivity (Wildman–Crippen MR) is 104 cm³/mol. The third-order valence-corrected chi connectivity index (χ3v) is 5.26. The lowest BCUT2D eigenvalue weighted by Crippen LogP contribution is -2.31. The van der Waals surface area contributed by atoms with E-state index in [1.807, 2.05) is 31.2 Å². The van der Waals surface area contributed by atoms with Crippen LogP contribution in [0.1, 0.15) is 22.5 Å². The summed E-state index contributed by atoms with van der Waals surface area (Å²) in [5.74, 6) is 1.29. The van der Waals surface area contributed by atoms with Gasteiger partial charge >= 0.3 is 0 Å². The summed E-state index contributed by atoms with van der Waals surface area (Å²) in [5, 5.41) is 12.5. The number of nitrogens with zero attached hydrogens (tertiary/aromatic N) is 2. The van der Waals surface area contributed by atoms with Crippen molar-refractivity contribution < 1.29 is 9.15 Å². The molecule has 0 unspecified atom stereocenters. The lowest BCUT2D eigenvalue weighted by molar-refractivity contribution is 0.0913. The van der Waals surface area contributed by atoms with Crippen LogP contribution in [0.3, 0.4) is 0 Å². The number of furan rings is 1. The highest BCUT2D eigenvalue weighted by Crippen LogP contribution is 2.43. The number of hydrogen-bond donors (Lipinski definition) is 0. The average Bonchev–Trinajstić information content (AvgIpc) is 3.06. The molecule has 3 aromatic carbocycles. The van der Waals surface area contributed by atoms with Crippen LogP contribution in [0.15, 0.2) is 59.0 Å². The molecule has 0 atom stereocenters. The molecule has 1 aromatic heterocycles. The van der Waals surface area contributed by atoms with Gasteiger partial charge in [-0.15, -0.1) is 0 Å².